The minimum atomic E-state index is 0.283. The van der Waals surface area contributed by atoms with E-state index in [1.54, 1.807) is 0 Å². The third-order valence-electron chi connectivity index (χ3n) is 3.31. The lowest BCUT2D eigenvalue weighted by Crippen LogP contribution is -2.47. The molecule has 1 aromatic heterocycles. The molecule has 5 nitrogen and oxygen atoms in total. The van der Waals surface area contributed by atoms with Gasteiger partial charge in [0.05, 0.1) is 19.4 Å². The number of rotatable bonds is 2. The van der Waals surface area contributed by atoms with Crippen molar-refractivity contribution in [3.63, 3.8) is 0 Å². The SMILES string of the molecule is Cc1nn(CN2C[C@@H](C)OC[C@@H]2C)c(=S)n1C. The second-order valence-electron chi connectivity index (χ2n) is 4.79. The number of hydrogen-bond donors (Lipinski definition) is 0. The number of hydrogen-bond acceptors (Lipinski definition) is 4. The Morgan fingerprint density at radius 3 is 2.76 bits per heavy atom. The first-order valence-corrected chi connectivity index (χ1v) is 6.36. The topological polar surface area (TPSA) is 35.2 Å². The minimum Gasteiger partial charge on any atom is -0.376 e. The number of morpholine rings is 1. The second-order valence-corrected chi connectivity index (χ2v) is 5.16. The van der Waals surface area contributed by atoms with E-state index in [9.17, 15) is 0 Å². The normalized spacial score (nSPS) is 26.4. The molecule has 1 fully saturated rings. The first kappa shape index (κ1) is 12.7. The van der Waals surface area contributed by atoms with Gasteiger partial charge in [-0.1, -0.05) is 0 Å². The van der Waals surface area contributed by atoms with Crippen molar-refractivity contribution in [1.82, 2.24) is 19.2 Å². The summed E-state index contributed by atoms with van der Waals surface area (Å²) in [7, 11) is 1.95. The molecule has 1 aliphatic rings. The Balaban J connectivity index is 2.14. The Morgan fingerprint density at radius 2 is 2.18 bits per heavy atom. The predicted molar refractivity (Wildman–Crippen MR) is 68.4 cm³/mol. The summed E-state index contributed by atoms with van der Waals surface area (Å²) in [6.45, 7) is 8.69. The molecule has 0 N–H and O–H groups in total. The molecule has 0 spiro atoms. The van der Waals surface area contributed by atoms with Crippen LogP contribution in [0.4, 0.5) is 0 Å². The number of aromatic nitrogens is 3. The van der Waals surface area contributed by atoms with Crippen LogP contribution in [0.3, 0.4) is 0 Å². The largest absolute Gasteiger partial charge is 0.376 e. The van der Waals surface area contributed by atoms with Crippen LogP contribution in [0.5, 0.6) is 0 Å². The Hall–Kier alpha value is -0.720. The summed E-state index contributed by atoms with van der Waals surface area (Å²) in [4.78, 5) is 2.36. The molecule has 96 valence electrons. The highest BCUT2D eigenvalue weighted by atomic mass is 32.1. The van der Waals surface area contributed by atoms with Gasteiger partial charge < -0.3 is 9.30 Å². The standard InChI is InChI=1S/C11H20N4OS/c1-8-6-16-9(2)5-14(8)7-15-11(17)13(4)10(3)12-15/h8-9H,5-7H2,1-4H3/t8-,9+/m0/s1. The molecule has 0 amide bonds. The van der Waals surface area contributed by atoms with Gasteiger partial charge in [0.1, 0.15) is 5.82 Å². The Morgan fingerprint density at radius 1 is 1.47 bits per heavy atom. The van der Waals surface area contributed by atoms with Crippen LogP contribution in [0.1, 0.15) is 19.7 Å². The molecule has 2 atom stereocenters. The van der Waals surface area contributed by atoms with Crippen LogP contribution in [0.2, 0.25) is 0 Å². The Kier molecular flexibility index (Phi) is 3.65. The summed E-state index contributed by atoms with van der Waals surface area (Å²) in [5.74, 6) is 0.948. The van der Waals surface area contributed by atoms with Gasteiger partial charge in [0.2, 0.25) is 0 Å². The fraction of sp³-hybridized carbons (Fsp3) is 0.818. The fourth-order valence-corrected chi connectivity index (χ4v) is 2.26. The predicted octanol–water partition coefficient (Wildman–Crippen LogP) is 1.33. The summed E-state index contributed by atoms with van der Waals surface area (Å²) in [5.41, 5.74) is 0. The molecule has 2 heterocycles. The smallest absolute Gasteiger partial charge is 0.198 e. The van der Waals surface area contributed by atoms with Crippen molar-refractivity contribution in [2.45, 2.75) is 39.6 Å². The highest BCUT2D eigenvalue weighted by Crippen LogP contribution is 2.12. The summed E-state index contributed by atoms with van der Waals surface area (Å²) in [5, 5.41) is 4.46. The van der Waals surface area contributed by atoms with Crippen molar-refractivity contribution >= 4 is 12.2 Å². The molecule has 0 saturated carbocycles. The van der Waals surface area contributed by atoms with Crippen LogP contribution >= 0.6 is 12.2 Å². The van der Waals surface area contributed by atoms with Crippen molar-refractivity contribution in [1.29, 1.82) is 0 Å². The zero-order chi connectivity index (χ0) is 12.6. The molecule has 1 aliphatic heterocycles. The summed E-state index contributed by atoms with van der Waals surface area (Å²) >= 11 is 5.36. The zero-order valence-electron chi connectivity index (χ0n) is 10.9. The lowest BCUT2D eigenvalue weighted by Gasteiger charge is -2.36. The van der Waals surface area contributed by atoms with Crippen molar-refractivity contribution in [3.8, 4) is 0 Å². The first-order chi connectivity index (χ1) is 7.99. The number of nitrogens with zero attached hydrogens (tertiary/aromatic N) is 4. The van der Waals surface area contributed by atoms with E-state index < -0.39 is 0 Å². The van der Waals surface area contributed by atoms with Crippen LogP contribution in [0, 0.1) is 11.7 Å². The summed E-state index contributed by atoms with van der Waals surface area (Å²) in [6.07, 6.45) is 0.283. The van der Waals surface area contributed by atoms with Crippen LogP contribution in [0.25, 0.3) is 0 Å². The molecule has 0 aromatic carbocycles. The molecule has 17 heavy (non-hydrogen) atoms. The van der Waals surface area contributed by atoms with E-state index in [2.05, 4.69) is 23.8 Å². The quantitative estimate of drug-likeness (QED) is 0.748. The number of ether oxygens (including phenoxy) is 1. The highest BCUT2D eigenvalue weighted by Gasteiger charge is 2.24. The number of aryl methyl sites for hydroxylation is 1. The molecule has 0 unspecified atom stereocenters. The van der Waals surface area contributed by atoms with Gasteiger partial charge in [0.25, 0.3) is 0 Å². The van der Waals surface area contributed by atoms with Crippen LogP contribution in [-0.4, -0.2) is 44.5 Å². The van der Waals surface area contributed by atoms with Gasteiger partial charge in [-0.3, -0.25) is 4.90 Å². The van der Waals surface area contributed by atoms with Crippen LogP contribution in [0.15, 0.2) is 0 Å². The average Bonchev–Trinajstić information content (AvgIpc) is 2.52. The van der Waals surface area contributed by atoms with Crippen LogP contribution in [-0.2, 0) is 18.5 Å². The van der Waals surface area contributed by atoms with Gasteiger partial charge in [-0.25, -0.2) is 4.68 Å². The first-order valence-electron chi connectivity index (χ1n) is 5.95. The Labute approximate surface area is 107 Å². The molecule has 1 saturated heterocycles. The Bertz CT molecular complexity index is 453. The maximum absolute atomic E-state index is 5.61. The van der Waals surface area contributed by atoms with Crippen molar-refractivity contribution in [3.05, 3.63) is 10.6 Å². The lowest BCUT2D eigenvalue weighted by atomic mass is 10.2. The van der Waals surface area contributed by atoms with Gasteiger partial charge in [-0.2, -0.15) is 5.10 Å². The molecular weight excluding hydrogens is 236 g/mol. The molecule has 1 aromatic rings. The van der Waals surface area contributed by atoms with E-state index in [1.165, 1.54) is 0 Å². The highest BCUT2D eigenvalue weighted by molar-refractivity contribution is 7.71. The van der Waals surface area contributed by atoms with E-state index in [0.29, 0.717) is 6.04 Å². The van der Waals surface area contributed by atoms with Gasteiger partial charge in [0, 0.05) is 19.6 Å². The van der Waals surface area contributed by atoms with Crippen LogP contribution < -0.4 is 0 Å². The fourth-order valence-electron chi connectivity index (χ4n) is 2.03. The molecule has 2 rings (SSSR count). The second kappa shape index (κ2) is 4.88. The van der Waals surface area contributed by atoms with E-state index in [1.807, 2.05) is 23.2 Å². The van der Waals surface area contributed by atoms with Crippen molar-refractivity contribution < 1.29 is 4.74 Å². The van der Waals surface area contributed by atoms with Crippen molar-refractivity contribution in [2.24, 2.45) is 7.05 Å². The van der Waals surface area contributed by atoms with E-state index in [0.717, 1.165) is 30.4 Å². The lowest BCUT2D eigenvalue weighted by molar-refractivity contribution is -0.0625. The molecule has 6 heteroatoms. The van der Waals surface area contributed by atoms with Gasteiger partial charge in [-0.05, 0) is 33.0 Å². The van der Waals surface area contributed by atoms with E-state index >= 15 is 0 Å². The molecular formula is C11H20N4OS. The van der Waals surface area contributed by atoms with Crippen molar-refractivity contribution in [2.75, 3.05) is 13.2 Å². The summed E-state index contributed by atoms with van der Waals surface area (Å²) < 4.78 is 10.2. The zero-order valence-corrected chi connectivity index (χ0v) is 11.7. The molecule has 0 bridgehead atoms. The van der Waals surface area contributed by atoms with Gasteiger partial charge in [0.15, 0.2) is 4.77 Å². The minimum absolute atomic E-state index is 0.283. The maximum atomic E-state index is 5.61. The third-order valence-corrected chi connectivity index (χ3v) is 3.80. The van der Waals surface area contributed by atoms with Gasteiger partial charge >= 0.3 is 0 Å². The average molecular weight is 256 g/mol. The maximum Gasteiger partial charge on any atom is 0.198 e. The molecule has 0 radical (unpaired) electrons. The van der Waals surface area contributed by atoms with Gasteiger partial charge in [-0.15, -0.1) is 0 Å². The van der Waals surface area contributed by atoms with E-state index in [4.69, 9.17) is 17.0 Å². The third kappa shape index (κ3) is 2.59. The monoisotopic (exact) mass is 256 g/mol. The van der Waals surface area contributed by atoms with E-state index in [-0.39, 0.29) is 6.10 Å². The summed E-state index contributed by atoms with van der Waals surface area (Å²) in [6, 6.07) is 0.412. The molecule has 0 aliphatic carbocycles.